The lowest BCUT2D eigenvalue weighted by Gasteiger charge is -2.07. The molecule has 0 aliphatic carbocycles. The van der Waals surface area contributed by atoms with Gasteiger partial charge in [0.25, 0.3) is 5.56 Å². The molecule has 4 nitrogen and oxygen atoms in total. The number of H-pyrrole nitrogens is 1. The van der Waals surface area contributed by atoms with Crippen LogP contribution in [0.25, 0.3) is 38.8 Å². The zero-order chi connectivity index (χ0) is 18.4. The topological polar surface area (TPSA) is 50.2 Å². The Bertz CT molecular complexity index is 1340. The summed E-state index contributed by atoms with van der Waals surface area (Å²) >= 11 is 0. The van der Waals surface area contributed by atoms with E-state index in [1.54, 1.807) is 6.07 Å². The number of aromatic nitrogens is 3. The van der Waals surface area contributed by atoms with Crippen molar-refractivity contribution in [2.75, 3.05) is 0 Å². The van der Waals surface area contributed by atoms with Gasteiger partial charge in [0.1, 0.15) is 0 Å². The Morgan fingerprint density at radius 3 is 2.48 bits per heavy atom. The molecule has 0 saturated carbocycles. The molecular formula is C23H17N3O. The highest BCUT2D eigenvalue weighted by molar-refractivity contribution is 6.00. The largest absolute Gasteiger partial charge is 0.293 e. The quantitative estimate of drug-likeness (QED) is 0.496. The fourth-order valence-electron chi connectivity index (χ4n) is 3.67. The Kier molecular flexibility index (Phi) is 3.44. The SMILES string of the molecule is Cc1[nH]n2c(=O)cc(-c3ccccc3)nc2c1-c1cccc2ccccc12. The second-order valence-corrected chi connectivity index (χ2v) is 6.64. The van der Waals surface area contributed by atoms with Crippen molar-refractivity contribution in [3.63, 3.8) is 0 Å². The molecule has 0 unspecified atom stereocenters. The average Bonchev–Trinajstić information content (AvgIpc) is 3.04. The van der Waals surface area contributed by atoms with Gasteiger partial charge in [0, 0.05) is 22.9 Å². The molecule has 0 atom stereocenters. The van der Waals surface area contributed by atoms with Crippen molar-refractivity contribution in [3.8, 4) is 22.4 Å². The molecule has 2 heterocycles. The number of rotatable bonds is 2. The third-order valence-corrected chi connectivity index (χ3v) is 4.93. The number of hydrogen-bond donors (Lipinski definition) is 1. The van der Waals surface area contributed by atoms with Crippen LogP contribution in [0, 0.1) is 6.92 Å². The molecule has 5 aromatic rings. The first-order valence-electron chi connectivity index (χ1n) is 8.88. The lowest BCUT2D eigenvalue weighted by atomic mass is 9.98. The predicted octanol–water partition coefficient (Wildman–Crippen LogP) is 4.82. The van der Waals surface area contributed by atoms with Gasteiger partial charge in [-0.1, -0.05) is 72.8 Å². The Morgan fingerprint density at radius 2 is 1.63 bits per heavy atom. The molecule has 0 spiro atoms. The summed E-state index contributed by atoms with van der Waals surface area (Å²) in [6.07, 6.45) is 0. The summed E-state index contributed by atoms with van der Waals surface area (Å²) in [6, 6.07) is 25.9. The highest BCUT2D eigenvalue weighted by atomic mass is 16.1. The van der Waals surface area contributed by atoms with E-state index in [4.69, 9.17) is 4.98 Å². The minimum absolute atomic E-state index is 0.117. The predicted molar refractivity (Wildman–Crippen MR) is 109 cm³/mol. The maximum atomic E-state index is 12.7. The molecule has 0 amide bonds. The first kappa shape index (κ1) is 15.6. The van der Waals surface area contributed by atoms with Crippen LogP contribution in [0.1, 0.15) is 5.69 Å². The van der Waals surface area contributed by atoms with Gasteiger partial charge in [-0.15, -0.1) is 0 Å². The zero-order valence-electron chi connectivity index (χ0n) is 14.8. The smallest absolute Gasteiger partial charge is 0.273 e. The highest BCUT2D eigenvalue weighted by Gasteiger charge is 2.17. The van der Waals surface area contributed by atoms with E-state index < -0.39 is 0 Å². The maximum absolute atomic E-state index is 12.7. The van der Waals surface area contributed by atoms with Gasteiger partial charge in [-0.05, 0) is 23.3 Å². The second-order valence-electron chi connectivity index (χ2n) is 6.64. The van der Waals surface area contributed by atoms with Crippen molar-refractivity contribution >= 4 is 16.4 Å². The average molecular weight is 351 g/mol. The maximum Gasteiger partial charge on any atom is 0.273 e. The van der Waals surface area contributed by atoms with E-state index in [1.807, 2.05) is 55.5 Å². The first-order chi connectivity index (χ1) is 13.2. The van der Waals surface area contributed by atoms with E-state index in [0.29, 0.717) is 11.3 Å². The molecule has 3 aromatic carbocycles. The van der Waals surface area contributed by atoms with Gasteiger partial charge < -0.3 is 0 Å². The molecule has 0 aliphatic heterocycles. The number of aromatic amines is 1. The normalized spacial score (nSPS) is 11.3. The molecule has 0 radical (unpaired) electrons. The summed E-state index contributed by atoms with van der Waals surface area (Å²) in [6.45, 7) is 1.98. The van der Waals surface area contributed by atoms with Crippen molar-refractivity contribution in [1.82, 2.24) is 14.6 Å². The van der Waals surface area contributed by atoms with Crippen LogP contribution in [0.2, 0.25) is 0 Å². The number of aryl methyl sites for hydroxylation is 1. The van der Waals surface area contributed by atoms with Gasteiger partial charge in [-0.25, -0.2) is 9.50 Å². The highest BCUT2D eigenvalue weighted by Crippen LogP contribution is 2.33. The standard InChI is InChI=1S/C23H17N3O/c1-15-22(19-13-7-11-16-8-5-6-12-18(16)19)23-24-20(14-21(27)26(23)25-15)17-9-3-2-4-10-17/h2-14,25H,1H3. The van der Waals surface area contributed by atoms with Gasteiger partial charge in [0.2, 0.25) is 0 Å². The lowest BCUT2D eigenvalue weighted by Crippen LogP contribution is -2.14. The van der Waals surface area contributed by atoms with Gasteiger partial charge >= 0.3 is 0 Å². The Balaban J connectivity index is 1.86. The Morgan fingerprint density at radius 1 is 0.889 bits per heavy atom. The lowest BCUT2D eigenvalue weighted by molar-refractivity contribution is 0.882. The van der Waals surface area contributed by atoms with Crippen molar-refractivity contribution in [2.45, 2.75) is 6.92 Å². The number of fused-ring (bicyclic) bond motifs is 2. The molecule has 5 rings (SSSR count). The van der Waals surface area contributed by atoms with Gasteiger partial charge in [0.15, 0.2) is 5.65 Å². The molecule has 4 heteroatoms. The monoisotopic (exact) mass is 351 g/mol. The summed E-state index contributed by atoms with van der Waals surface area (Å²) in [7, 11) is 0. The number of benzene rings is 3. The first-order valence-corrected chi connectivity index (χ1v) is 8.88. The minimum atomic E-state index is -0.117. The Labute approximate surface area is 155 Å². The van der Waals surface area contributed by atoms with E-state index in [9.17, 15) is 4.79 Å². The molecular weight excluding hydrogens is 334 g/mol. The molecule has 0 aliphatic rings. The molecule has 2 aromatic heterocycles. The summed E-state index contributed by atoms with van der Waals surface area (Å²) in [5, 5.41) is 5.48. The van der Waals surface area contributed by atoms with Crippen molar-refractivity contribution < 1.29 is 0 Å². The van der Waals surface area contributed by atoms with Crippen LogP contribution in [-0.2, 0) is 0 Å². The van der Waals surface area contributed by atoms with Crippen LogP contribution in [0.5, 0.6) is 0 Å². The molecule has 27 heavy (non-hydrogen) atoms. The van der Waals surface area contributed by atoms with E-state index in [1.165, 1.54) is 4.52 Å². The van der Waals surface area contributed by atoms with Crippen LogP contribution in [0.4, 0.5) is 0 Å². The van der Waals surface area contributed by atoms with Crippen LogP contribution in [-0.4, -0.2) is 14.6 Å². The van der Waals surface area contributed by atoms with Crippen molar-refractivity contribution in [1.29, 1.82) is 0 Å². The second kappa shape index (κ2) is 5.95. The van der Waals surface area contributed by atoms with Crippen molar-refractivity contribution in [2.24, 2.45) is 0 Å². The molecule has 0 bridgehead atoms. The molecule has 0 fully saturated rings. The van der Waals surface area contributed by atoms with Crippen LogP contribution < -0.4 is 5.56 Å². The van der Waals surface area contributed by atoms with Gasteiger partial charge in [-0.3, -0.25) is 9.89 Å². The van der Waals surface area contributed by atoms with E-state index in [2.05, 4.69) is 29.4 Å². The van der Waals surface area contributed by atoms with Crippen molar-refractivity contribution in [3.05, 3.63) is 94.9 Å². The van der Waals surface area contributed by atoms with Gasteiger partial charge in [0.05, 0.1) is 5.69 Å². The fourth-order valence-corrected chi connectivity index (χ4v) is 3.67. The van der Waals surface area contributed by atoms with Crippen LogP contribution >= 0.6 is 0 Å². The van der Waals surface area contributed by atoms with E-state index in [0.717, 1.165) is 33.2 Å². The number of nitrogens with one attached hydrogen (secondary N) is 1. The third-order valence-electron chi connectivity index (χ3n) is 4.93. The summed E-state index contributed by atoms with van der Waals surface area (Å²) in [5.74, 6) is 0. The van der Waals surface area contributed by atoms with E-state index >= 15 is 0 Å². The summed E-state index contributed by atoms with van der Waals surface area (Å²) in [5.41, 5.74) is 5.09. The summed E-state index contributed by atoms with van der Waals surface area (Å²) in [4.78, 5) is 17.6. The molecule has 1 N–H and O–H groups in total. The van der Waals surface area contributed by atoms with Crippen LogP contribution in [0.3, 0.4) is 0 Å². The zero-order valence-corrected chi connectivity index (χ0v) is 14.8. The van der Waals surface area contributed by atoms with Gasteiger partial charge in [-0.2, -0.15) is 0 Å². The fraction of sp³-hybridized carbons (Fsp3) is 0.0435. The number of nitrogens with zero attached hydrogens (tertiary/aromatic N) is 2. The van der Waals surface area contributed by atoms with Crippen LogP contribution in [0.15, 0.2) is 83.7 Å². The number of hydrogen-bond acceptors (Lipinski definition) is 2. The molecule has 130 valence electrons. The summed E-state index contributed by atoms with van der Waals surface area (Å²) < 4.78 is 1.53. The Hall–Kier alpha value is -3.66. The molecule has 0 saturated heterocycles. The van der Waals surface area contributed by atoms with E-state index in [-0.39, 0.29) is 5.56 Å². The third kappa shape index (κ3) is 2.46. The minimum Gasteiger partial charge on any atom is -0.293 e.